The lowest BCUT2D eigenvalue weighted by Gasteiger charge is -2.18. The number of alkyl halides is 3. The molecule has 0 saturated carbocycles. The predicted octanol–water partition coefficient (Wildman–Crippen LogP) is 5.51. The third-order valence-corrected chi connectivity index (χ3v) is 7.53. The van der Waals surface area contributed by atoms with E-state index in [1.165, 1.54) is 30.3 Å². The average Bonchev–Trinajstić information content (AvgIpc) is 3.79. The average molecular weight is 653 g/mol. The molecule has 0 radical (unpaired) electrons. The highest BCUT2D eigenvalue weighted by molar-refractivity contribution is 6.31. The molecule has 0 spiro atoms. The SMILES string of the molecule is Cn1ccc(C[C@@H](c2ccc(-c3c(-n4cc(C(F)(F)F)nn4)ccc(Cl)c3F)c[n+]2[O-])n2cc(-c3ccc(C(=O)O)cc3)cn2)n1. The third-order valence-electron chi connectivity index (χ3n) is 7.24. The van der Waals surface area contributed by atoms with Gasteiger partial charge in [-0.15, -0.1) is 5.10 Å². The molecule has 0 aliphatic rings. The lowest BCUT2D eigenvalue weighted by molar-refractivity contribution is -0.615. The predicted molar refractivity (Wildman–Crippen MR) is 155 cm³/mol. The van der Waals surface area contributed by atoms with E-state index in [0.29, 0.717) is 27.7 Å². The summed E-state index contributed by atoms with van der Waals surface area (Å²) in [7, 11) is 1.75. The van der Waals surface area contributed by atoms with Crippen LogP contribution < -0.4 is 4.73 Å². The van der Waals surface area contributed by atoms with Crippen molar-refractivity contribution < 1.29 is 32.2 Å². The first kappa shape index (κ1) is 30.5. The first-order chi connectivity index (χ1) is 21.9. The number of pyridine rings is 1. The van der Waals surface area contributed by atoms with E-state index in [1.807, 2.05) is 0 Å². The zero-order chi connectivity index (χ0) is 32.7. The minimum Gasteiger partial charge on any atom is -0.618 e. The molecule has 0 bridgehead atoms. The van der Waals surface area contributed by atoms with Crippen LogP contribution in [0, 0.1) is 11.0 Å². The van der Waals surface area contributed by atoms with Gasteiger partial charge in [0.1, 0.15) is 6.04 Å². The van der Waals surface area contributed by atoms with Crippen LogP contribution in [0.5, 0.6) is 0 Å². The molecule has 0 unspecified atom stereocenters. The molecule has 1 N–H and O–H groups in total. The Morgan fingerprint density at radius 1 is 1.04 bits per heavy atom. The van der Waals surface area contributed by atoms with Crippen LogP contribution in [0.4, 0.5) is 17.6 Å². The van der Waals surface area contributed by atoms with E-state index in [4.69, 9.17) is 11.6 Å². The van der Waals surface area contributed by atoms with Gasteiger partial charge in [0, 0.05) is 37.5 Å². The minimum absolute atomic E-state index is 0.0223. The largest absolute Gasteiger partial charge is 0.618 e. The summed E-state index contributed by atoms with van der Waals surface area (Å²) in [6.45, 7) is 0. The molecule has 0 aliphatic carbocycles. The van der Waals surface area contributed by atoms with Crippen molar-refractivity contribution in [1.82, 2.24) is 34.6 Å². The molecular weight excluding hydrogens is 632 g/mol. The monoisotopic (exact) mass is 652 g/mol. The van der Waals surface area contributed by atoms with Crippen molar-refractivity contribution in [2.75, 3.05) is 0 Å². The number of rotatable bonds is 8. The lowest BCUT2D eigenvalue weighted by Crippen LogP contribution is -2.36. The number of carboxylic acids is 1. The standard InChI is InChI=1S/C30H21ClF4N8O3/c1-40-11-10-21(38-40)12-25(41-14-20(13-36-41)17-2-4-18(5-3-17)29(44)45)23-8-6-19(15-43(23)46)27-24(9-7-22(31)28(27)32)42-16-26(37-39-42)30(33,34)35/h2-11,13-16,25H,12H2,1H3,(H,44,45)/t25-/m0/s1. The van der Waals surface area contributed by atoms with E-state index in [0.717, 1.165) is 16.9 Å². The van der Waals surface area contributed by atoms with Gasteiger partial charge in [0.2, 0.25) is 5.69 Å². The van der Waals surface area contributed by atoms with E-state index in [-0.39, 0.29) is 39.5 Å². The molecule has 0 saturated heterocycles. The molecule has 234 valence electrons. The van der Waals surface area contributed by atoms with Gasteiger partial charge in [-0.1, -0.05) is 28.9 Å². The fourth-order valence-electron chi connectivity index (χ4n) is 4.98. The molecule has 1 atom stereocenters. The van der Waals surface area contributed by atoms with E-state index >= 15 is 4.39 Å². The van der Waals surface area contributed by atoms with Crippen molar-refractivity contribution in [2.45, 2.75) is 18.6 Å². The van der Waals surface area contributed by atoms with Gasteiger partial charge < -0.3 is 10.3 Å². The smallest absolute Gasteiger partial charge is 0.436 e. The summed E-state index contributed by atoms with van der Waals surface area (Å²) < 4.78 is 59.6. The molecule has 4 heterocycles. The number of aromatic carboxylic acids is 1. The maximum atomic E-state index is 15.5. The normalized spacial score (nSPS) is 12.4. The summed E-state index contributed by atoms with van der Waals surface area (Å²) in [4.78, 5) is 11.3. The molecule has 0 fully saturated rings. The number of aryl methyl sites for hydroxylation is 1. The molecule has 11 nitrogen and oxygen atoms in total. The maximum absolute atomic E-state index is 15.5. The number of carbonyl (C=O) groups is 1. The van der Waals surface area contributed by atoms with Gasteiger partial charge in [-0.3, -0.25) is 9.36 Å². The Bertz CT molecular complexity index is 2070. The van der Waals surface area contributed by atoms with Crippen molar-refractivity contribution >= 4 is 17.6 Å². The molecular formula is C30H21ClF4N8O3. The molecule has 0 amide bonds. The van der Waals surface area contributed by atoms with E-state index in [1.54, 1.807) is 53.2 Å². The fourth-order valence-corrected chi connectivity index (χ4v) is 5.14. The highest BCUT2D eigenvalue weighted by atomic mass is 35.5. The summed E-state index contributed by atoms with van der Waals surface area (Å²) in [6.07, 6.45) is 2.18. The van der Waals surface area contributed by atoms with Gasteiger partial charge in [-0.25, -0.2) is 13.9 Å². The second-order valence-corrected chi connectivity index (χ2v) is 10.7. The Labute approximate surface area is 262 Å². The van der Waals surface area contributed by atoms with E-state index < -0.39 is 29.7 Å². The second kappa shape index (κ2) is 11.7. The van der Waals surface area contributed by atoms with Crippen LogP contribution in [-0.4, -0.2) is 45.6 Å². The summed E-state index contributed by atoms with van der Waals surface area (Å²) in [5.41, 5.74) is 0.704. The van der Waals surface area contributed by atoms with Crippen molar-refractivity contribution in [3.63, 3.8) is 0 Å². The van der Waals surface area contributed by atoms with Crippen LogP contribution in [-0.2, 0) is 19.6 Å². The number of hydrogen-bond acceptors (Lipinski definition) is 6. The molecule has 16 heteroatoms. The van der Waals surface area contributed by atoms with Gasteiger partial charge in [-0.05, 0) is 42.0 Å². The number of benzene rings is 2. The number of aromatic nitrogens is 8. The first-order valence-electron chi connectivity index (χ1n) is 13.5. The fraction of sp³-hybridized carbons (Fsp3) is 0.133. The van der Waals surface area contributed by atoms with Crippen LogP contribution in [0.3, 0.4) is 0 Å². The van der Waals surface area contributed by atoms with Crippen LogP contribution in [0.1, 0.15) is 33.5 Å². The number of hydrogen-bond donors (Lipinski definition) is 1. The maximum Gasteiger partial charge on any atom is 0.436 e. The molecule has 6 rings (SSSR count). The van der Waals surface area contributed by atoms with Crippen LogP contribution >= 0.6 is 11.6 Å². The van der Waals surface area contributed by atoms with E-state index in [9.17, 15) is 28.3 Å². The number of carboxylic acid groups (broad SMARTS) is 1. The molecule has 6 aromatic rings. The van der Waals surface area contributed by atoms with Crippen molar-refractivity contribution in [3.05, 3.63) is 124 Å². The lowest BCUT2D eigenvalue weighted by atomic mass is 10.0. The quantitative estimate of drug-likeness (QED) is 0.130. The Balaban J connectivity index is 1.41. The number of halogens is 5. The highest BCUT2D eigenvalue weighted by Crippen LogP contribution is 2.35. The Kier molecular flexibility index (Phi) is 7.77. The van der Waals surface area contributed by atoms with Gasteiger partial charge in [0.15, 0.2) is 17.7 Å². The summed E-state index contributed by atoms with van der Waals surface area (Å²) in [6, 6.07) is 12.7. The zero-order valence-electron chi connectivity index (χ0n) is 23.6. The van der Waals surface area contributed by atoms with Gasteiger partial charge in [0.25, 0.3) is 0 Å². The van der Waals surface area contributed by atoms with Crippen LogP contribution in [0.25, 0.3) is 27.9 Å². The summed E-state index contributed by atoms with van der Waals surface area (Å²) >= 11 is 6.04. The highest BCUT2D eigenvalue weighted by Gasteiger charge is 2.35. The molecule has 4 aromatic heterocycles. The van der Waals surface area contributed by atoms with Gasteiger partial charge >= 0.3 is 12.1 Å². The molecule has 46 heavy (non-hydrogen) atoms. The second-order valence-electron chi connectivity index (χ2n) is 10.3. The van der Waals surface area contributed by atoms with Crippen LogP contribution in [0.2, 0.25) is 5.02 Å². The summed E-state index contributed by atoms with van der Waals surface area (Å²) in [5, 5.41) is 38.1. The summed E-state index contributed by atoms with van der Waals surface area (Å²) in [5.74, 6) is -2.02. The first-order valence-corrected chi connectivity index (χ1v) is 13.8. The van der Waals surface area contributed by atoms with Crippen molar-refractivity contribution in [2.24, 2.45) is 7.05 Å². The third kappa shape index (κ3) is 5.91. The van der Waals surface area contributed by atoms with E-state index in [2.05, 4.69) is 20.5 Å². The minimum atomic E-state index is -4.78. The number of nitrogens with zero attached hydrogens (tertiary/aromatic N) is 8. The topological polar surface area (TPSA) is 131 Å². The Hall–Kier alpha value is -5.57. The molecule has 0 aliphatic heterocycles. The zero-order valence-corrected chi connectivity index (χ0v) is 24.4. The van der Waals surface area contributed by atoms with Gasteiger partial charge in [0.05, 0.1) is 45.5 Å². The van der Waals surface area contributed by atoms with Crippen molar-refractivity contribution in [3.8, 4) is 27.9 Å². The van der Waals surface area contributed by atoms with Crippen molar-refractivity contribution in [1.29, 1.82) is 0 Å². The Morgan fingerprint density at radius 3 is 2.41 bits per heavy atom. The van der Waals surface area contributed by atoms with Gasteiger partial charge in [-0.2, -0.15) is 28.1 Å². The molecule has 2 aromatic carbocycles. The Morgan fingerprint density at radius 2 is 1.78 bits per heavy atom. The van der Waals surface area contributed by atoms with Crippen LogP contribution in [0.15, 0.2) is 85.6 Å².